The lowest BCUT2D eigenvalue weighted by Gasteiger charge is -2.18. The third kappa shape index (κ3) is 50.9. The SMILES string of the molecule is CCCCCCCCCCC/C=C\CCCCCCCC(=O)OCC(COC(=O)CCCCCCCCCCCC)OC(=O)CCCCCCC/C=C\CCCCCCCCCCC. The average Bonchev–Trinajstić information content (AvgIpc) is 3.29. The van der Waals surface area contributed by atoms with Crippen LogP contribution < -0.4 is 0 Å². The maximum Gasteiger partial charge on any atom is 0.306 e. The largest absolute Gasteiger partial charge is 0.462 e. The predicted octanol–water partition coefficient (Wildman–Crippen LogP) is 18.7. The Hall–Kier alpha value is -2.11. The van der Waals surface area contributed by atoms with Crippen LogP contribution in [-0.2, 0) is 28.6 Å². The smallest absolute Gasteiger partial charge is 0.306 e. The topological polar surface area (TPSA) is 78.9 Å². The average molecular weight is 901 g/mol. The van der Waals surface area contributed by atoms with E-state index in [1.165, 1.54) is 199 Å². The number of unbranched alkanes of at least 4 members (excludes halogenated alkanes) is 37. The van der Waals surface area contributed by atoms with Gasteiger partial charge in [-0.25, -0.2) is 0 Å². The van der Waals surface area contributed by atoms with Crippen LogP contribution in [0.4, 0.5) is 0 Å². The Morgan fingerprint density at radius 2 is 0.516 bits per heavy atom. The summed E-state index contributed by atoms with van der Waals surface area (Å²) < 4.78 is 16.8. The van der Waals surface area contributed by atoms with Crippen molar-refractivity contribution >= 4 is 17.9 Å². The Labute approximate surface area is 398 Å². The number of carbonyl (C=O) groups is 3. The maximum absolute atomic E-state index is 12.8. The second kappa shape index (κ2) is 53.5. The minimum atomic E-state index is -0.774. The molecular formula is C58H108O6. The summed E-state index contributed by atoms with van der Waals surface area (Å²) in [5.74, 6) is -0.875. The minimum absolute atomic E-state index is 0.0735. The lowest BCUT2D eigenvalue weighted by molar-refractivity contribution is -0.167. The Kier molecular flexibility index (Phi) is 51.7. The highest BCUT2D eigenvalue weighted by molar-refractivity contribution is 5.71. The first-order valence-electron chi connectivity index (χ1n) is 28.3. The van der Waals surface area contributed by atoms with Crippen LogP contribution >= 0.6 is 0 Å². The van der Waals surface area contributed by atoms with Gasteiger partial charge >= 0.3 is 17.9 Å². The molecule has 376 valence electrons. The number of esters is 3. The number of hydrogen-bond acceptors (Lipinski definition) is 6. The van der Waals surface area contributed by atoms with Crippen LogP contribution in [0.1, 0.15) is 310 Å². The summed E-state index contributed by atoms with van der Waals surface area (Å²) in [6.07, 6.45) is 61.7. The van der Waals surface area contributed by atoms with Crippen LogP contribution in [0.15, 0.2) is 24.3 Å². The Morgan fingerprint density at radius 1 is 0.297 bits per heavy atom. The van der Waals surface area contributed by atoms with Crippen molar-refractivity contribution < 1.29 is 28.6 Å². The summed E-state index contributed by atoms with van der Waals surface area (Å²) in [4.78, 5) is 38.0. The van der Waals surface area contributed by atoms with Crippen LogP contribution in [0, 0.1) is 0 Å². The normalized spacial score (nSPS) is 12.1. The molecule has 64 heavy (non-hydrogen) atoms. The molecule has 0 aromatic rings. The fraction of sp³-hybridized carbons (Fsp3) is 0.879. The molecule has 0 heterocycles. The Balaban J connectivity index is 4.30. The first-order valence-corrected chi connectivity index (χ1v) is 28.3. The molecule has 0 radical (unpaired) electrons. The molecule has 0 aliphatic rings. The lowest BCUT2D eigenvalue weighted by atomic mass is 10.1. The van der Waals surface area contributed by atoms with Gasteiger partial charge in [-0.1, -0.05) is 244 Å². The zero-order valence-corrected chi connectivity index (χ0v) is 43.1. The molecule has 0 aliphatic heterocycles. The third-order valence-corrected chi connectivity index (χ3v) is 12.7. The second-order valence-corrected chi connectivity index (χ2v) is 19.2. The summed E-state index contributed by atoms with van der Waals surface area (Å²) in [5, 5.41) is 0. The number of ether oxygens (including phenoxy) is 3. The van der Waals surface area contributed by atoms with Crippen LogP contribution in [0.2, 0.25) is 0 Å². The van der Waals surface area contributed by atoms with Crippen molar-refractivity contribution in [3.8, 4) is 0 Å². The Morgan fingerprint density at radius 3 is 0.781 bits per heavy atom. The van der Waals surface area contributed by atoms with E-state index >= 15 is 0 Å². The molecule has 0 rings (SSSR count). The summed E-state index contributed by atoms with van der Waals surface area (Å²) >= 11 is 0. The summed E-state index contributed by atoms with van der Waals surface area (Å²) in [7, 11) is 0. The molecule has 0 amide bonds. The summed E-state index contributed by atoms with van der Waals surface area (Å²) in [6, 6.07) is 0. The van der Waals surface area contributed by atoms with E-state index in [0.29, 0.717) is 19.3 Å². The van der Waals surface area contributed by atoms with Crippen molar-refractivity contribution in [3.63, 3.8) is 0 Å². The van der Waals surface area contributed by atoms with Gasteiger partial charge in [0.15, 0.2) is 6.10 Å². The lowest BCUT2D eigenvalue weighted by Crippen LogP contribution is -2.30. The van der Waals surface area contributed by atoms with Crippen molar-refractivity contribution in [2.75, 3.05) is 13.2 Å². The fourth-order valence-corrected chi connectivity index (χ4v) is 8.37. The van der Waals surface area contributed by atoms with Crippen molar-refractivity contribution in [1.29, 1.82) is 0 Å². The van der Waals surface area contributed by atoms with Gasteiger partial charge in [0.25, 0.3) is 0 Å². The van der Waals surface area contributed by atoms with E-state index in [1.54, 1.807) is 0 Å². The first-order chi connectivity index (χ1) is 31.5. The molecule has 0 spiro atoms. The van der Waals surface area contributed by atoms with Gasteiger partial charge in [-0.3, -0.25) is 14.4 Å². The van der Waals surface area contributed by atoms with Gasteiger partial charge in [0.05, 0.1) is 0 Å². The molecule has 0 saturated carbocycles. The highest BCUT2D eigenvalue weighted by atomic mass is 16.6. The van der Waals surface area contributed by atoms with E-state index < -0.39 is 6.10 Å². The number of carbonyl (C=O) groups excluding carboxylic acids is 3. The molecule has 1 unspecified atom stereocenters. The standard InChI is InChI=1S/C58H108O6/c1-4-7-10-13-16-19-22-24-26-28-30-32-34-36-39-42-45-48-51-57(60)63-54-55(53-62-56(59)50-47-44-41-38-21-18-15-12-9-6-3)64-58(61)52-49-46-43-40-37-35-33-31-29-27-25-23-20-17-14-11-8-5-2/h30-33,55H,4-29,34-54H2,1-3H3/b32-30-,33-31-. The van der Waals surface area contributed by atoms with Crippen LogP contribution in [0.5, 0.6) is 0 Å². The van der Waals surface area contributed by atoms with Gasteiger partial charge in [0.1, 0.15) is 13.2 Å². The van der Waals surface area contributed by atoms with Crippen LogP contribution in [0.25, 0.3) is 0 Å². The van der Waals surface area contributed by atoms with Gasteiger partial charge in [-0.15, -0.1) is 0 Å². The molecule has 0 N–H and O–H groups in total. The van der Waals surface area contributed by atoms with E-state index in [0.717, 1.165) is 70.6 Å². The van der Waals surface area contributed by atoms with Crippen LogP contribution in [-0.4, -0.2) is 37.2 Å². The minimum Gasteiger partial charge on any atom is -0.462 e. The molecule has 0 aliphatic carbocycles. The predicted molar refractivity (Wildman–Crippen MR) is 275 cm³/mol. The first kappa shape index (κ1) is 61.9. The Bertz CT molecular complexity index is 1040. The molecule has 1 atom stereocenters. The summed E-state index contributed by atoms with van der Waals surface area (Å²) in [6.45, 7) is 6.65. The molecule has 0 bridgehead atoms. The molecular weight excluding hydrogens is 793 g/mol. The van der Waals surface area contributed by atoms with E-state index in [9.17, 15) is 14.4 Å². The quantitative estimate of drug-likeness (QED) is 0.0262. The van der Waals surface area contributed by atoms with Gasteiger partial charge in [0, 0.05) is 19.3 Å². The van der Waals surface area contributed by atoms with E-state index in [1.807, 2.05) is 0 Å². The van der Waals surface area contributed by atoms with E-state index in [-0.39, 0.29) is 31.1 Å². The van der Waals surface area contributed by atoms with Gasteiger partial charge in [-0.05, 0) is 70.6 Å². The molecule has 0 aromatic carbocycles. The van der Waals surface area contributed by atoms with Crippen molar-refractivity contribution in [2.45, 2.75) is 316 Å². The number of rotatable bonds is 52. The van der Waals surface area contributed by atoms with Gasteiger partial charge < -0.3 is 14.2 Å². The van der Waals surface area contributed by atoms with Gasteiger partial charge in [-0.2, -0.15) is 0 Å². The van der Waals surface area contributed by atoms with Crippen LogP contribution in [0.3, 0.4) is 0 Å². The number of hydrogen-bond donors (Lipinski definition) is 0. The zero-order chi connectivity index (χ0) is 46.5. The molecule has 0 saturated heterocycles. The second-order valence-electron chi connectivity index (χ2n) is 19.2. The van der Waals surface area contributed by atoms with Crippen molar-refractivity contribution in [1.82, 2.24) is 0 Å². The number of allylic oxidation sites excluding steroid dienone is 4. The fourth-order valence-electron chi connectivity index (χ4n) is 8.37. The zero-order valence-electron chi connectivity index (χ0n) is 43.1. The van der Waals surface area contributed by atoms with Crippen molar-refractivity contribution in [3.05, 3.63) is 24.3 Å². The highest BCUT2D eigenvalue weighted by Crippen LogP contribution is 2.16. The summed E-state index contributed by atoms with van der Waals surface area (Å²) in [5.41, 5.74) is 0. The molecule has 6 heteroatoms. The van der Waals surface area contributed by atoms with E-state index in [2.05, 4.69) is 45.1 Å². The molecule has 6 nitrogen and oxygen atoms in total. The highest BCUT2D eigenvalue weighted by Gasteiger charge is 2.19. The van der Waals surface area contributed by atoms with Gasteiger partial charge in [0.2, 0.25) is 0 Å². The molecule has 0 aromatic heterocycles. The third-order valence-electron chi connectivity index (χ3n) is 12.7. The maximum atomic E-state index is 12.8. The molecule has 0 fully saturated rings. The van der Waals surface area contributed by atoms with Crippen molar-refractivity contribution in [2.24, 2.45) is 0 Å². The van der Waals surface area contributed by atoms with E-state index in [4.69, 9.17) is 14.2 Å². The monoisotopic (exact) mass is 901 g/mol.